The van der Waals surface area contributed by atoms with Gasteiger partial charge in [-0.05, 0) is 43.4 Å². The van der Waals surface area contributed by atoms with Gasteiger partial charge in [0.25, 0.3) is 0 Å². The van der Waals surface area contributed by atoms with Gasteiger partial charge in [-0.2, -0.15) is 0 Å². The molecule has 1 fully saturated rings. The Balaban J connectivity index is 1.97. The lowest BCUT2D eigenvalue weighted by molar-refractivity contribution is 0.392. The van der Waals surface area contributed by atoms with Crippen LogP contribution in [0.25, 0.3) is 0 Å². The van der Waals surface area contributed by atoms with Crippen molar-refractivity contribution < 1.29 is 0 Å². The van der Waals surface area contributed by atoms with Crippen molar-refractivity contribution in [3.63, 3.8) is 0 Å². The van der Waals surface area contributed by atoms with Gasteiger partial charge < -0.3 is 4.90 Å². The second-order valence-electron chi connectivity index (χ2n) is 4.27. The molecule has 1 aliphatic carbocycles. The molecule has 0 bridgehead atoms. The summed E-state index contributed by atoms with van der Waals surface area (Å²) in [5.74, 6) is 0. The number of halogens is 1. The summed E-state index contributed by atoms with van der Waals surface area (Å²) in [6, 6.07) is 7.42. The number of fused-ring (bicyclic) bond motifs is 1. The van der Waals surface area contributed by atoms with Crippen LogP contribution < -0.4 is 4.90 Å². The van der Waals surface area contributed by atoms with Crippen LogP contribution in [0.2, 0.25) is 0 Å². The van der Waals surface area contributed by atoms with Crippen LogP contribution in [0.4, 0.5) is 5.69 Å². The molecule has 3 rings (SSSR count). The summed E-state index contributed by atoms with van der Waals surface area (Å²) in [7, 11) is 0. The fraction of sp³-hybridized carbons (Fsp3) is 0.500. The Morgan fingerprint density at radius 3 is 2.86 bits per heavy atom. The molecule has 1 nitrogen and oxygen atoms in total. The van der Waals surface area contributed by atoms with Crippen LogP contribution in [0, 0.1) is 0 Å². The van der Waals surface area contributed by atoms with Crippen LogP contribution in [0.15, 0.2) is 22.7 Å². The molecule has 1 aromatic rings. The molecule has 0 aromatic heterocycles. The number of nitrogens with zero attached hydrogens (tertiary/aromatic N) is 1. The lowest BCUT2D eigenvalue weighted by Gasteiger charge is -2.36. The highest BCUT2D eigenvalue weighted by atomic mass is 79.9. The molecule has 2 aliphatic rings. The summed E-state index contributed by atoms with van der Waals surface area (Å²) in [4.78, 5) is 2.60. The van der Waals surface area contributed by atoms with E-state index in [0.717, 1.165) is 6.04 Å². The minimum absolute atomic E-state index is 0.838. The lowest BCUT2D eigenvalue weighted by atomic mass is 9.91. The summed E-state index contributed by atoms with van der Waals surface area (Å²) in [5.41, 5.74) is 2.99. The largest absolute Gasteiger partial charge is 0.368 e. The van der Waals surface area contributed by atoms with E-state index in [2.05, 4.69) is 39.0 Å². The Morgan fingerprint density at radius 1 is 1.29 bits per heavy atom. The van der Waals surface area contributed by atoms with Crippen molar-refractivity contribution in [3.05, 3.63) is 28.2 Å². The van der Waals surface area contributed by atoms with E-state index in [1.165, 1.54) is 48.0 Å². The van der Waals surface area contributed by atoms with Gasteiger partial charge in [-0.15, -0.1) is 0 Å². The van der Waals surface area contributed by atoms with Crippen molar-refractivity contribution in [1.82, 2.24) is 0 Å². The second kappa shape index (κ2) is 3.27. The molecule has 1 aromatic carbocycles. The van der Waals surface area contributed by atoms with E-state index in [-0.39, 0.29) is 0 Å². The highest BCUT2D eigenvalue weighted by molar-refractivity contribution is 9.10. The maximum Gasteiger partial charge on any atom is 0.0413 e. The van der Waals surface area contributed by atoms with Gasteiger partial charge in [0.05, 0.1) is 0 Å². The van der Waals surface area contributed by atoms with E-state index in [0.29, 0.717) is 0 Å². The van der Waals surface area contributed by atoms with Gasteiger partial charge in [-0.3, -0.25) is 0 Å². The number of hydrogen-bond donors (Lipinski definition) is 0. The number of rotatable bonds is 1. The van der Waals surface area contributed by atoms with E-state index in [4.69, 9.17) is 0 Å². The molecule has 0 spiro atoms. The van der Waals surface area contributed by atoms with Crippen molar-refractivity contribution in [1.29, 1.82) is 0 Å². The van der Waals surface area contributed by atoms with Crippen molar-refractivity contribution in [2.75, 3.05) is 11.4 Å². The third-order valence-electron chi connectivity index (χ3n) is 3.52. The number of hydrogen-bond acceptors (Lipinski definition) is 1. The Kier molecular flexibility index (Phi) is 2.05. The average molecular weight is 252 g/mol. The molecule has 1 aliphatic heterocycles. The van der Waals surface area contributed by atoms with Crippen LogP contribution in [-0.4, -0.2) is 12.6 Å². The van der Waals surface area contributed by atoms with Gasteiger partial charge in [0.1, 0.15) is 0 Å². The molecule has 1 heterocycles. The smallest absolute Gasteiger partial charge is 0.0413 e. The van der Waals surface area contributed by atoms with Gasteiger partial charge in [-0.1, -0.05) is 22.0 Å². The zero-order chi connectivity index (χ0) is 9.54. The zero-order valence-electron chi connectivity index (χ0n) is 8.17. The van der Waals surface area contributed by atoms with Crippen molar-refractivity contribution in [3.8, 4) is 0 Å². The zero-order valence-corrected chi connectivity index (χ0v) is 9.76. The van der Waals surface area contributed by atoms with Crippen molar-refractivity contribution in [2.45, 2.75) is 31.7 Å². The summed E-state index contributed by atoms with van der Waals surface area (Å²) < 4.78 is 1.29. The monoisotopic (exact) mass is 251 g/mol. The first-order chi connectivity index (χ1) is 6.86. The summed E-state index contributed by atoms with van der Waals surface area (Å²) in [6.45, 7) is 1.22. The van der Waals surface area contributed by atoms with Gasteiger partial charge in [-0.25, -0.2) is 0 Å². The summed E-state index contributed by atoms with van der Waals surface area (Å²) in [6.07, 6.45) is 5.43. The highest BCUT2D eigenvalue weighted by Crippen LogP contribution is 2.38. The van der Waals surface area contributed by atoms with E-state index < -0.39 is 0 Å². The molecule has 14 heavy (non-hydrogen) atoms. The third kappa shape index (κ3) is 1.20. The first-order valence-corrected chi connectivity index (χ1v) is 6.19. The fourth-order valence-corrected chi connectivity index (χ4v) is 3.05. The minimum Gasteiger partial charge on any atom is -0.368 e. The Morgan fingerprint density at radius 2 is 2.14 bits per heavy atom. The summed E-state index contributed by atoms with van der Waals surface area (Å²) in [5, 5.41) is 0. The Hall–Kier alpha value is -0.500. The predicted octanol–water partition coefficient (Wildman–Crippen LogP) is 3.36. The third-order valence-corrected chi connectivity index (χ3v) is 4.26. The maximum absolute atomic E-state index is 3.64. The maximum atomic E-state index is 3.64. The first kappa shape index (κ1) is 8.78. The predicted molar refractivity (Wildman–Crippen MR) is 62.8 cm³/mol. The molecular weight excluding hydrogens is 238 g/mol. The van der Waals surface area contributed by atoms with Crippen LogP contribution >= 0.6 is 15.9 Å². The standard InChI is InChI=1S/C12H14BrN/c13-11-5-2-6-12-10(11)7-8-14(12)9-3-1-4-9/h2,5-6,9H,1,3-4,7-8H2. The molecular formula is C12H14BrN. The van der Waals surface area contributed by atoms with Gasteiger partial charge in [0, 0.05) is 22.7 Å². The minimum atomic E-state index is 0.838. The summed E-state index contributed by atoms with van der Waals surface area (Å²) >= 11 is 3.64. The normalized spacial score (nSPS) is 20.8. The molecule has 2 heteroatoms. The first-order valence-electron chi connectivity index (χ1n) is 5.40. The SMILES string of the molecule is Brc1cccc2c1CCN2C1CCC1. The van der Waals surface area contributed by atoms with Gasteiger partial charge in [0.2, 0.25) is 0 Å². The van der Waals surface area contributed by atoms with Crippen LogP contribution in [0.1, 0.15) is 24.8 Å². The van der Waals surface area contributed by atoms with E-state index in [9.17, 15) is 0 Å². The Labute approximate surface area is 93.2 Å². The molecule has 1 saturated carbocycles. The fourth-order valence-electron chi connectivity index (χ4n) is 2.49. The highest BCUT2D eigenvalue weighted by Gasteiger charge is 2.30. The molecule has 0 unspecified atom stereocenters. The quantitative estimate of drug-likeness (QED) is 0.740. The molecule has 0 N–H and O–H groups in total. The van der Waals surface area contributed by atoms with Crippen molar-refractivity contribution >= 4 is 21.6 Å². The second-order valence-corrected chi connectivity index (χ2v) is 5.12. The molecule has 0 radical (unpaired) electrons. The van der Waals surface area contributed by atoms with Gasteiger partial charge in [0.15, 0.2) is 0 Å². The van der Waals surface area contributed by atoms with E-state index in [1.807, 2.05) is 0 Å². The topological polar surface area (TPSA) is 3.24 Å². The molecule has 0 amide bonds. The molecule has 74 valence electrons. The number of benzene rings is 1. The van der Waals surface area contributed by atoms with Gasteiger partial charge >= 0.3 is 0 Å². The van der Waals surface area contributed by atoms with E-state index in [1.54, 1.807) is 0 Å². The van der Waals surface area contributed by atoms with Crippen LogP contribution in [-0.2, 0) is 6.42 Å². The van der Waals surface area contributed by atoms with Crippen molar-refractivity contribution in [2.24, 2.45) is 0 Å². The average Bonchev–Trinajstić information content (AvgIpc) is 2.48. The van der Waals surface area contributed by atoms with E-state index >= 15 is 0 Å². The lowest BCUT2D eigenvalue weighted by Crippen LogP contribution is -2.38. The Bertz CT molecular complexity index is 357. The van der Waals surface area contributed by atoms with Crippen LogP contribution in [0.5, 0.6) is 0 Å². The molecule has 0 saturated heterocycles. The molecule has 0 atom stereocenters. The van der Waals surface area contributed by atoms with Crippen LogP contribution in [0.3, 0.4) is 0 Å². The number of anilines is 1.